The van der Waals surface area contributed by atoms with Crippen molar-refractivity contribution in [2.24, 2.45) is 0 Å². The molecule has 6 nitrogen and oxygen atoms in total. The fourth-order valence-corrected chi connectivity index (χ4v) is 2.74. The van der Waals surface area contributed by atoms with Gasteiger partial charge in [0.1, 0.15) is 5.82 Å². The summed E-state index contributed by atoms with van der Waals surface area (Å²) in [5, 5.41) is 12.3. The Bertz CT molecular complexity index is 732. The van der Waals surface area contributed by atoms with Gasteiger partial charge in [0.05, 0.1) is 21.4 Å². The summed E-state index contributed by atoms with van der Waals surface area (Å²) in [5.41, 5.74) is 2.12. The smallest absolute Gasteiger partial charge is 0.319 e. The quantitative estimate of drug-likeness (QED) is 0.782. The van der Waals surface area contributed by atoms with Gasteiger partial charge in [-0.2, -0.15) is 5.10 Å². The number of aromatic amines is 1. The third-order valence-corrected chi connectivity index (χ3v) is 4.10. The number of nitrogens with zero attached hydrogens (tertiary/aromatic N) is 1. The first kappa shape index (κ1) is 17.1. The molecule has 8 heteroatoms. The summed E-state index contributed by atoms with van der Waals surface area (Å²) in [6.45, 7) is 3.76. The number of halogens is 1. The van der Waals surface area contributed by atoms with Gasteiger partial charge in [0.25, 0.3) is 0 Å². The van der Waals surface area contributed by atoms with Gasteiger partial charge in [-0.25, -0.2) is 9.18 Å². The third-order valence-electron chi connectivity index (χ3n) is 3.15. The predicted octanol–water partition coefficient (Wildman–Crippen LogP) is 2.35. The number of aryl methyl sites for hydroxylation is 1. The molecule has 0 fully saturated rings. The molecule has 0 bridgehead atoms. The Labute approximate surface area is 136 Å². The van der Waals surface area contributed by atoms with E-state index in [1.807, 2.05) is 19.9 Å². The third kappa shape index (κ3) is 4.88. The van der Waals surface area contributed by atoms with Crippen molar-refractivity contribution in [2.75, 3.05) is 11.6 Å². The van der Waals surface area contributed by atoms with E-state index in [2.05, 4.69) is 20.8 Å². The average molecular weight is 338 g/mol. The second-order valence-electron chi connectivity index (χ2n) is 5.35. The molecule has 2 unspecified atom stereocenters. The van der Waals surface area contributed by atoms with Crippen molar-refractivity contribution < 1.29 is 13.4 Å². The molecule has 1 heterocycles. The molecule has 0 saturated heterocycles. The van der Waals surface area contributed by atoms with Crippen LogP contribution in [0.2, 0.25) is 0 Å². The molecule has 0 aliphatic rings. The van der Waals surface area contributed by atoms with E-state index >= 15 is 0 Å². The van der Waals surface area contributed by atoms with Gasteiger partial charge < -0.3 is 10.6 Å². The molecule has 1 aromatic carbocycles. The van der Waals surface area contributed by atoms with Crippen molar-refractivity contribution in [2.45, 2.75) is 31.2 Å². The van der Waals surface area contributed by atoms with E-state index < -0.39 is 22.6 Å². The molecule has 2 aromatic rings. The lowest BCUT2D eigenvalue weighted by molar-refractivity contribution is 0.249. The van der Waals surface area contributed by atoms with Gasteiger partial charge in [0, 0.05) is 30.1 Å². The number of amides is 2. The molecule has 0 saturated carbocycles. The highest BCUT2D eigenvalue weighted by Crippen LogP contribution is 2.17. The van der Waals surface area contributed by atoms with E-state index in [1.165, 1.54) is 18.4 Å². The summed E-state index contributed by atoms with van der Waals surface area (Å²) in [7, 11) is -1.40. The number of carbonyl (C=O) groups excluding carboxylic acids is 1. The minimum absolute atomic E-state index is 0.109. The Balaban J connectivity index is 1.91. The van der Waals surface area contributed by atoms with Crippen LogP contribution in [0.25, 0.3) is 0 Å². The SMILES string of the molecule is Cc1cc(CC(C)NC(=O)Nc2ccc(S(C)=O)c(F)c2)n[nH]1. The van der Waals surface area contributed by atoms with E-state index in [1.54, 1.807) is 0 Å². The van der Waals surface area contributed by atoms with Crippen molar-refractivity contribution in [1.29, 1.82) is 0 Å². The summed E-state index contributed by atoms with van der Waals surface area (Å²) in [6, 6.07) is 5.41. The number of benzene rings is 1. The van der Waals surface area contributed by atoms with Gasteiger partial charge in [-0.15, -0.1) is 0 Å². The number of hydrogen-bond acceptors (Lipinski definition) is 3. The molecule has 2 atom stereocenters. The summed E-state index contributed by atoms with van der Waals surface area (Å²) in [6.07, 6.45) is 1.98. The van der Waals surface area contributed by atoms with Gasteiger partial charge in [-0.1, -0.05) is 0 Å². The fourth-order valence-electron chi connectivity index (χ4n) is 2.15. The molecular weight excluding hydrogens is 319 g/mol. The van der Waals surface area contributed by atoms with E-state index in [4.69, 9.17) is 0 Å². The number of rotatable bonds is 5. The Hall–Kier alpha value is -2.22. The Kier molecular flexibility index (Phi) is 5.49. The van der Waals surface area contributed by atoms with Gasteiger partial charge in [-0.05, 0) is 38.1 Å². The highest BCUT2D eigenvalue weighted by molar-refractivity contribution is 7.84. The largest absolute Gasteiger partial charge is 0.335 e. The van der Waals surface area contributed by atoms with Gasteiger partial charge >= 0.3 is 6.03 Å². The predicted molar refractivity (Wildman–Crippen MR) is 87.4 cm³/mol. The van der Waals surface area contributed by atoms with Crippen LogP contribution < -0.4 is 10.6 Å². The fraction of sp³-hybridized carbons (Fsp3) is 0.333. The number of nitrogens with one attached hydrogen (secondary N) is 3. The average Bonchev–Trinajstić information content (AvgIpc) is 2.83. The summed E-state index contributed by atoms with van der Waals surface area (Å²) >= 11 is 0. The maximum atomic E-state index is 13.7. The molecule has 0 spiro atoms. The molecule has 23 heavy (non-hydrogen) atoms. The highest BCUT2D eigenvalue weighted by Gasteiger charge is 2.12. The zero-order valence-corrected chi connectivity index (χ0v) is 14.0. The number of urea groups is 1. The molecule has 0 aliphatic carbocycles. The number of hydrogen-bond donors (Lipinski definition) is 3. The monoisotopic (exact) mass is 338 g/mol. The lowest BCUT2D eigenvalue weighted by atomic mass is 10.2. The number of anilines is 1. The first-order chi connectivity index (χ1) is 10.8. The van der Waals surface area contributed by atoms with Crippen LogP contribution in [0.1, 0.15) is 18.3 Å². The van der Waals surface area contributed by atoms with Crippen LogP contribution in [0.4, 0.5) is 14.9 Å². The number of H-pyrrole nitrogens is 1. The molecule has 0 aliphatic heterocycles. The molecule has 124 valence electrons. The van der Waals surface area contributed by atoms with Crippen LogP contribution in [0.15, 0.2) is 29.2 Å². The van der Waals surface area contributed by atoms with Gasteiger partial charge in [0.2, 0.25) is 0 Å². The topological polar surface area (TPSA) is 86.9 Å². The second kappa shape index (κ2) is 7.36. The maximum Gasteiger partial charge on any atom is 0.319 e. The van der Waals surface area contributed by atoms with Crippen molar-refractivity contribution >= 4 is 22.5 Å². The lowest BCUT2D eigenvalue weighted by Crippen LogP contribution is -2.37. The number of carbonyl (C=O) groups is 1. The van der Waals surface area contributed by atoms with E-state index in [0.717, 1.165) is 17.5 Å². The number of aromatic nitrogens is 2. The summed E-state index contributed by atoms with van der Waals surface area (Å²) in [5.74, 6) is -0.608. The van der Waals surface area contributed by atoms with Crippen molar-refractivity contribution in [3.63, 3.8) is 0 Å². The van der Waals surface area contributed by atoms with E-state index in [9.17, 15) is 13.4 Å². The van der Waals surface area contributed by atoms with E-state index in [0.29, 0.717) is 12.1 Å². The maximum absolute atomic E-state index is 13.7. The van der Waals surface area contributed by atoms with Crippen LogP contribution in [0.3, 0.4) is 0 Å². The van der Waals surface area contributed by atoms with Crippen molar-refractivity contribution in [3.8, 4) is 0 Å². The molecule has 1 aromatic heterocycles. The van der Waals surface area contributed by atoms with E-state index in [-0.39, 0.29) is 10.9 Å². The standard InChI is InChI=1S/C15H19FN4O2S/c1-9(6-12-7-10(2)19-20-12)17-15(21)18-11-4-5-14(23(3)22)13(16)8-11/h4-5,7-9H,6H2,1-3H3,(H,19,20)(H2,17,18,21). The van der Waals surface area contributed by atoms with Crippen LogP contribution >= 0.6 is 0 Å². The first-order valence-electron chi connectivity index (χ1n) is 7.06. The van der Waals surface area contributed by atoms with Crippen molar-refractivity contribution in [3.05, 3.63) is 41.5 Å². The molecule has 0 radical (unpaired) electrons. The Morgan fingerprint density at radius 2 is 2.17 bits per heavy atom. The molecular formula is C15H19FN4O2S. The second-order valence-corrected chi connectivity index (χ2v) is 6.69. The van der Waals surface area contributed by atoms with Gasteiger partial charge in [-0.3, -0.25) is 9.31 Å². The highest BCUT2D eigenvalue weighted by atomic mass is 32.2. The van der Waals surface area contributed by atoms with Crippen LogP contribution in [-0.4, -0.2) is 32.7 Å². The molecule has 3 N–H and O–H groups in total. The normalized spacial score (nSPS) is 13.4. The Morgan fingerprint density at radius 3 is 2.74 bits per heavy atom. The summed E-state index contributed by atoms with van der Waals surface area (Å²) in [4.78, 5) is 12.0. The molecule has 2 amide bonds. The van der Waals surface area contributed by atoms with Crippen LogP contribution in [0.5, 0.6) is 0 Å². The summed E-state index contributed by atoms with van der Waals surface area (Å²) < 4.78 is 25.0. The lowest BCUT2D eigenvalue weighted by Gasteiger charge is -2.14. The zero-order chi connectivity index (χ0) is 17.0. The Morgan fingerprint density at radius 1 is 1.43 bits per heavy atom. The van der Waals surface area contributed by atoms with Crippen molar-refractivity contribution in [1.82, 2.24) is 15.5 Å². The minimum Gasteiger partial charge on any atom is -0.335 e. The zero-order valence-electron chi connectivity index (χ0n) is 13.1. The molecule has 2 rings (SSSR count). The van der Waals surface area contributed by atoms with Gasteiger partial charge in [0.15, 0.2) is 0 Å². The van der Waals surface area contributed by atoms with Crippen LogP contribution in [-0.2, 0) is 17.2 Å². The van der Waals surface area contributed by atoms with Crippen LogP contribution in [0, 0.1) is 12.7 Å². The first-order valence-corrected chi connectivity index (χ1v) is 8.62. The minimum atomic E-state index is -1.40.